The lowest BCUT2D eigenvalue weighted by molar-refractivity contribution is -0.129. The number of hydrogen-bond donors (Lipinski definition) is 2. The van der Waals surface area contributed by atoms with Crippen LogP contribution >= 0.6 is 15.9 Å². The van der Waals surface area contributed by atoms with Crippen molar-refractivity contribution in [1.82, 2.24) is 5.32 Å². The molecule has 0 unspecified atom stereocenters. The number of esters is 1. The third kappa shape index (κ3) is 5.88. The van der Waals surface area contributed by atoms with Crippen LogP contribution in [0.25, 0.3) is 0 Å². The van der Waals surface area contributed by atoms with Gasteiger partial charge in [-0.2, -0.15) is 0 Å². The van der Waals surface area contributed by atoms with Gasteiger partial charge in [-0.1, -0.05) is 46.3 Å². The first kappa shape index (κ1) is 20.0. The molecule has 2 atom stereocenters. The van der Waals surface area contributed by atoms with Crippen LogP contribution in [-0.4, -0.2) is 29.1 Å². The molecule has 26 heavy (non-hydrogen) atoms. The molecule has 0 aromatic heterocycles. The third-order valence-corrected chi connectivity index (χ3v) is 4.42. The Bertz CT molecular complexity index is 764. The second-order valence-corrected chi connectivity index (χ2v) is 7.06. The molecule has 2 rings (SSSR count). The number of rotatable bonds is 7. The summed E-state index contributed by atoms with van der Waals surface area (Å²) in [7, 11) is 0. The maximum Gasteiger partial charge on any atom is 0.342 e. The molecule has 138 valence electrons. The average molecular weight is 420 g/mol. The highest BCUT2D eigenvalue weighted by Crippen LogP contribution is 2.23. The normalized spacial score (nSPS) is 12.9. The van der Waals surface area contributed by atoms with Gasteiger partial charge in [0.05, 0.1) is 0 Å². The molecule has 0 aliphatic rings. The highest BCUT2D eigenvalue weighted by atomic mass is 79.9. The summed E-state index contributed by atoms with van der Waals surface area (Å²) in [6.45, 7) is 3.42. The lowest BCUT2D eigenvalue weighted by Crippen LogP contribution is -2.41. The van der Waals surface area contributed by atoms with Crippen molar-refractivity contribution in [2.75, 3.05) is 0 Å². The lowest BCUT2D eigenvalue weighted by atomic mass is 10.1. The zero-order valence-corrected chi connectivity index (χ0v) is 16.3. The monoisotopic (exact) mass is 419 g/mol. The number of nitrogens with one attached hydrogen (secondary N) is 1. The molecule has 2 aromatic rings. The summed E-state index contributed by atoms with van der Waals surface area (Å²) in [5, 5.41) is 12.6. The van der Waals surface area contributed by atoms with Crippen molar-refractivity contribution in [1.29, 1.82) is 0 Å². The summed E-state index contributed by atoms with van der Waals surface area (Å²) in [5.41, 5.74) is 1.22. The maximum atomic E-state index is 12.2. The Hall–Kier alpha value is -2.34. The summed E-state index contributed by atoms with van der Waals surface area (Å²) in [5.74, 6) is -1.31. The molecule has 0 bridgehead atoms. The van der Waals surface area contributed by atoms with Crippen molar-refractivity contribution in [2.24, 2.45) is 0 Å². The van der Waals surface area contributed by atoms with Crippen LogP contribution in [0.1, 0.15) is 36.2 Å². The number of aromatic hydroxyl groups is 1. The van der Waals surface area contributed by atoms with E-state index >= 15 is 0 Å². The number of aryl methyl sites for hydroxylation is 1. The molecule has 0 saturated carbocycles. The average Bonchev–Trinajstić information content (AvgIpc) is 2.62. The van der Waals surface area contributed by atoms with Crippen LogP contribution in [0.3, 0.4) is 0 Å². The van der Waals surface area contributed by atoms with E-state index in [0.717, 1.165) is 12.8 Å². The molecular formula is C20H22BrNO4. The minimum Gasteiger partial charge on any atom is -0.507 e. The van der Waals surface area contributed by atoms with E-state index in [0.29, 0.717) is 4.47 Å². The molecule has 1 amide bonds. The lowest BCUT2D eigenvalue weighted by Gasteiger charge is -2.18. The van der Waals surface area contributed by atoms with E-state index in [9.17, 15) is 14.7 Å². The van der Waals surface area contributed by atoms with Gasteiger partial charge in [-0.15, -0.1) is 0 Å². The SMILES string of the molecule is C[C@@H](CCc1ccccc1)NC(=O)[C@@H](C)OC(=O)c1cc(Br)ccc1O. The first-order chi connectivity index (χ1) is 12.4. The Morgan fingerprint density at radius 2 is 1.85 bits per heavy atom. The predicted molar refractivity (Wildman–Crippen MR) is 103 cm³/mol. The first-order valence-electron chi connectivity index (χ1n) is 8.40. The number of carbonyl (C=O) groups excluding carboxylic acids is 2. The molecular weight excluding hydrogens is 398 g/mol. The molecule has 6 heteroatoms. The van der Waals surface area contributed by atoms with Gasteiger partial charge in [0, 0.05) is 10.5 Å². The van der Waals surface area contributed by atoms with Gasteiger partial charge in [0.1, 0.15) is 11.3 Å². The van der Waals surface area contributed by atoms with E-state index in [1.54, 1.807) is 6.07 Å². The Balaban J connectivity index is 1.84. The molecule has 0 saturated heterocycles. The van der Waals surface area contributed by atoms with Crippen LogP contribution in [0, 0.1) is 0 Å². The van der Waals surface area contributed by atoms with E-state index in [1.165, 1.54) is 24.6 Å². The third-order valence-electron chi connectivity index (χ3n) is 3.93. The number of benzene rings is 2. The van der Waals surface area contributed by atoms with Crippen LogP contribution in [0.4, 0.5) is 0 Å². The van der Waals surface area contributed by atoms with Gasteiger partial charge in [0.25, 0.3) is 5.91 Å². The van der Waals surface area contributed by atoms with Gasteiger partial charge in [-0.05, 0) is 50.5 Å². The Morgan fingerprint density at radius 1 is 1.15 bits per heavy atom. The summed E-state index contributed by atoms with van der Waals surface area (Å²) in [4.78, 5) is 24.4. The summed E-state index contributed by atoms with van der Waals surface area (Å²) in [6.07, 6.45) is 0.672. The van der Waals surface area contributed by atoms with Crippen LogP contribution in [0.5, 0.6) is 5.75 Å². The minimum atomic E-state index is -0.958. The van der Waals surface area contributed by atoms with Gasteiger partial charge in [-0.25, -0.2) is 4.79 Å². The van der Waals surface area contributed by atoms with Crippen molar-refractivity contribution in [3.8, 4) is 5.75 Å². The molecule has 0 fully saturated rings. The Kier molecular flexibility index (Phi) is 7.21. The molecule has 0 spiro atoms. The zero-order chi connectivity index (χ0) is 19.1. The number of ether oxygens (including phenoxy) is 1. The van der Waals surface area contributed by atoms with Gasteiger partial charge in [0.15, 0.2) is 6.10 Å². The van der Waals surface area contributed by atoms with Gasteiger partial charge in [0.2, 0.25) is 0 Å². The van der Waals surface area contributed by atoms with Gasteiger partial charge in [-0.3, -0.25) is 4.79 Å². The molecule has 0 aliphatic heterocycles. The van der Waals surface area contributed by atoms with Gasteiger partial charge < -0.3 is 15.2 Å². The van der Waals surface area contributed by atoms with E-state index in [4.69, 9.17) is 4.74 Å². The quantitative estimate of drug-likeness (QED) is 0.668. The predicted octanol–water partition coefficient (Wildman–Crippen LogP) is 3.84. The van der Waals surface area contributed by atoms with Crippen LogP contribution < -0.4 is 5.32 Å². The first-order valence-corrected chi connectivity index (χ1v) is 9.20. The fourth-order valence-corrected chi connectivity index (χ4v) is 2.77. The van der Waals surface area contributed by atoms with Crippen molar-refractivity contribution in [3.63, 3.8) is 0 Å². The van der Waals surface area contributed by atoms with Crippen molar-refractivity contribution < 1.29 is 19.4 Å². The second-order valence-electron chi connectivity index (χ2n) is 6.14. The Labute approximate surface area is 161 Å². The van der Waals surface area contributed by atoms with E-state index in [-0.39, 0.29) is 23.3 Å². The highest BCUT2D eigenvalue weighted by Gasteiger charge is 2.22. The van der Waals surface area contributed by atoms with Crippen LogP contribution in [0.15, 0.2) is 53.0 Å². The number of phenolic OH excluding ortho intramolecular Hbond substituents is 1. The van der Waals surface area contributed by atoms with E-state index in [2.05, 4.69) is 21.2 Å². The van der Waals surface area contributed by atoms with E-state index in [1.807, 2.05) is 37.3 Å². The molecule has 0 heterocycles. The minimum absolute atomic E-state index is 0.0103. The van der Waals surface area contributed by atoms with Crippen molar-refractivity contribution in [2.45, 2.75) is 38.8 Å². The summed E-state index contributed by atoms with van der Waals surface area (Å²) < 4.78 is 5.80. The second kappa shape index (κ2) is 9.38. The zero-order valence-electron chi connectivity index (χ0n) is 14.7. The molecule has 2 aromatic carbocycles. The number of halogens is 1. The van der Waals surface area contributed by atoms with Crippen LogP contribution in [-0.2, 0) is 16.0 Å². The van der Waals surface area contributed by atoms with Crippen LogP contribution in [0.2, 0.25) is 0 Å². The smallest absolute Gasteiger partial charge is 0.342 e. The highest BCUT2D eigenvalue weighted by molar-refractivity contribution is 9.10. The molecule has 0 aliphatic carbocycles. The standard InChI is InChI=1S/C20H22BrNO4/c1-13(8-9-15-6-4-3-5-7-15)22-19(24)14(2)26-20(25)17-12-16(21)10-11-18(17)23/h3-7,10-14,23H,8-9H2,1-2H3,(H,22,24)/t13-,14+/m0/s1. The van der Waals surface area contributed by atoms with Gasteiger partial charge >= 0.3 is 5.97 Å². The maximum absolute atomic E-state index is 12.2. The fraction of sp³-hybridized carbons (Fsp3) is 0.300. The fourth-order valence-electron chi connectivity index (χ4n) is 2.41. The number of phenols is 1. The number of hydrogen-bond acceptors (Lipinski definition) is 4. The molecule has 2 N–H and O–H groups in total. The Morgan fingerprint density at radius 3 is 2.54 bits per heavy atom. The number of amides is 1. The molecule has 5 nitrogen and oxygen atoms in total. The topological polar surface area (TPSA) is 75.6 Å². The van der Waals surface area contributed by atoms with Crippen molar-refractivity contribution >= 4 is 27.8 Å². The summed E-state index contributed by atoms with van der Waals surface area (Å²) in [6, 6.07) is 14.4. The summed E-state index contributed by atoms with van der Waals surface area (Å²) >= 11 is 3.23. The van der Waals surface area contributed by atoms with Crippen molar-refractivity contribution in [3.05, 3.63) is 64.1 Å². The number of carbonyl (C=O) groups is 2. The van der Waals surface area contributed by atoms with E-state index < -0.39 is 12.1 Å². The largest absolute Gasteiger partial charge is 0.507 e. The molecule has 0 radical (unpaired) electrons.